The highest BCUT2D eigenvalue weighted by atomic mass is 32.2. The molecule has 1 nitrogen and oxygen atoms in total. The fourth-order valence-corrected chi connectivity index (χ4v) is 2.39. The van der Waals surface area contributed by atoms with Crippen LogP contribution in [0.15, 0.2) is 59.5 Å². The minimum atomic E-state index is 0.0962. The first-order valence-corrected chi connectivity index (χ1v) is 6.47. The summed E-state index contributed by atoms with van der Waals surface area (Å²) in [5, 5.41) is 0.0962. The fourth-order valence-electron chi connectivity index (χ4n) is 1.57. The van der Waals surface area contributed by atoms with Gasteiger partial charge in [-0.1, -0.05) is 49.4 Å². The third kappa shape index (κ3) is 3.21. The molecule has 0 aromatic heterocycles. The molecule has 2 aromatic carbocycles. The van der Waals surface area contributed by atoms with Crippen molar-refractivity contribution in [1.82, 2.24) is 0 Å². The molecule has 17 heavy (non-hydrogen) atoms. The zero-order valence-electron chi connectivity index (χ0n) is 9.72. The molecule has 0 N–H and O–H groups in total. The predicted molar refractivity (Wildman–Crippen MR) is 72.4 cm³/mol. The first-order valence-electron chi connectivity index (χ1n) is 5.66. The van der Waals surface area contributed by atoms with Crippen LogP contribution in [0, 0.1) is 0 Å². The van der Waals surface area contributed by atoms with Crippen molar-refractivity contribution in [3.05, 3.63) is 65.7 Å². The fraction of sp³-hybridized carbons (Fsp3) is 0.133. The predicted octanol–water partition coefficient (Wildman–Crippen LogP) is 4.18. The third-order valence-electron chi connectivity index (χ3n) is 2.53. The maximum absolute atomic E-state index is 12.0. The Morgan fingerprint density at radius 1 is 1.06 bits per heavy atom. The van der Waals surface area contributed by atoms with Crippen LogP contribution in [-0.4, -0.2) is 5.12 Å². The smallest absolute Gasteiger partial charge is 0.224 e. The second kappa shape index (κ2) is 5.69. The number of benzene rings is 2. The molecule has 0 aliphatic heterocycles. The summed E-state index contributed by atoms with van der Waals surface area (Å²) in [6.45, 7) is 2.11. The summed E-state index contributed by atoms with van der Waals surface area (Å²) in [6.07, 6.45) is 0.994. The molecule has 0 aliphatic rings. The van der Waals surface area contributed by atoms with Crippen molar-refractivity contribution in [2.24, 2.45) is 0 Å². The Balaban J connectivity index is 2.13. The first-order chi connectivity index (χ1) is 8.29. The minimum Gasteiger partial charge on any atom is -0.281 e. The first kappa shape index (κ1) is 11.9. The van der Waals surface area contributed by atoms with Crippen LogP contribution in [-0.2, 0) is 6.42 Å². The van der Waals surface area contributed by atoms with Crippen LogP contribution in [0.5, 0.6) is 0 Å². The van der Waals surface area contributed by atoms with Crippen molar-refractivity contribution >= 4 is 16.9 Å². The lowest BCUT2D eigenvalue weighted by Gasteiger charge is -2.02. The van der Waals surface area contributed by atoms with E-state index in [2.05, 4.69) is 19.1 Å². The number of carbonyl (C=O) groups excluding carboxylic acids is 1. The van der Waals surface area contributed by atoms with Gasteiger partial charge in [0.05, 0.1) is 0 Å². The standard InChI is InChI=1S/C15H14OS/c1-2-12-7-6-10-14(11-12)17-15(16)13-8-4-3-5-9-13/h3-11H,2H2,1H3. The average Bonchev–Trinajstić information content (AvgIpc) is 2.40. The second-order valence-corrected chi connectivity index (χ2v) is 4.80. The van der Waals surface area contributed by atoms with E-state index >= 15 is 0 Å². The highest BCUT2D eigenvalue weighted by molar-refractivity contribution is 8.14. The number of rotatable bonds is 3. The van der Waals surface area contributed by atoms with Gasteiger partial charge in [-0.3, -0.25) is 4.79 Å². The van der Waals surface area contributed by atoms with Crippen LogP contribution in [0.1, 0.15) is 22.8 Å². The number of thioether (sulfide) groups is 1. The Bertz CT molecular complexity index is 505. The molecular formula is C15H14OS. The van der Waals surface area contributed by atoms with Gasteiger partial charge in [0.25, 0.3) is 0 Å². The third-order valence-corrected chi connectivity index (χ3v) is 3.44. The van der Waals surface area contributed by atoms with Crippen LogP contribution in [0.2, 0.25) is 0 Å². The maximum Gasteiger partial charge on any atom is 0.224 e. The molecule has 2 heteroatoms. The Morgan fingerprint density at radius 3 is 2.53 bits per heavy atom. The summed E-state index contributed by atoms with van der Waals surface area (Å²) in [7, 11) is 0. The number of carbonyl (C=O) groups is 1. The van der Waals surface area contributed by atoms with Gasteiger partial charge in [0, 0.05) is 10.5 Å². The van der Waals surface area contributed by atoms with Crippen LogP contribution in [0.4, 0.5) is 0 Å². The molecule has 0 saturated carbocycles. The van der Waals surface area contributed by atoms with Gasteiger partial charge in [-0.05, 0) is 35.9 Å². The number of hydrogen-bond donors (Lipinski definition) is 0. The van der Waals surface area contributed by atoms with E-state index in [1.54, 1.807) is 0 Å². The van der Waals surface area contributed by atoms with E-state index in [0.29, 0.717) is 0 Å². The number of hydrogen-bond acceptors (Lipinski definition) is 2. The van der Waals surface area contributed by atoms with Gasteiger partial charge in [-0.25, -0.2) is 0 Å². The van der Waals surface area contributed by atoms with Gasteiger partial charge in [0.1, 0.15) is 0 Å². The van der Waals surface area contributed by atoms with Gasteiger partial charge in [-0.2, -0.15) is 0 Å². The molecule has 0 bridgehead atoms. The quantitative estimate of drug-likeness (QED) is 0.751. The highest BCUT2D eigenvalue weighted by Gasteiger charge is 2.07. The molecule has 0 heterocycles. The molecule has 0 atom stereocenters. The van der Waals surface area contributed by atoms with Crippen molar-refractivity contribution in [1.29, 1.82) is 0 Å². The molecule has 2 aromatic rings. The minimum absolute atomic E-state index is 0.0962. The van der Waals surface area contributed by atoms with Crippen LogP contribution >= 0.6 is 11.8 Å². The maximum atomic E-state index is 12.0. The molecule has 0 amide bonds. The molecule has 2 rings (SSSR count). The Morgan fingerprint density at radius 2 is 1.82 bits per heavy atom. The molecule has 86 valence electrons. The zero-order chi connectivity index (χ0) is 12.1. The van der Waals surface area contributed by atoms with Gasteiger partial charge in [0.2, 0.25) is 5.12 Å². The van der Waals surface area contributed by atoms with E-state index in [-0.39, 0.29) is 5.12 Å². The molecule has 0 spiro atoms. The van der Waals surface area contributed by atoms with Gasteiger partial charge < -0.3 is 0 Å². The lowest BCUT2D eigenvalue weighted by molar-refractivity contribution is 0.108. The summed E-state index contributed by atoms with van der Waals surface area (Å²) in [4.78, 5) is 13.0. The Kier molecular flexibility index (Phi) is 3.99. The van der Waals surface area contributed by atoms with E-state index in [1.165, 1.54) is 17.3 Å². The molecule has 0 radical (unpaired) electrons. The lowest BCUT2D eigenvalue weighted by atomic mass is 10.2. The number of aryl methyl sites for hydroxylation is 1. The molecule has 0 aliphatic carbocycles. The summed E-state index contributed by atoms with van der Waals surface area (Å²) in [6, 6.07) is 17.5. The van der Waals surface area contributed by atoms with Crippen molar-refractivity contribution in [3.8, 4) is 0 Å². The monoisotopic (exact) mass is 242 g/mol. The Hall–Kier alpha value is -1.54. The van der Waals surface area contributed by atoms with Crippen molar-refractivity contribution in [2.75, 3.05) is 0 Å². The van der Waals surface area contributed by atoms with Crippen LogP contribution in [0.3, 0.4) is 0 Å². The van der Waals surface area contributed by atoms with Crippen LogP contribution < -0.4 is 0 Å². The molecule has 0 unspecified atom stereocenters. The van der Waals surface area contributed by atoms with Gasteiger partial charge >= 0.3 is 0 Å². The zero-order valence-corrected chi connectivity index (χ0v) is 10.5. The van der Waals surface area contributed by atoms with Crippen LogP contribution in [0.25, 0.3) is 0 Å². The summed E-state index contributed by atoms with van der Waals surface area (Å²) in [5.41, 5.74) is 2.01. The normalized spacial score (nSPS) is 10.2. The van der Waals surface area contributed by atoms with Gasteiger partial charge in [0.15, 0.2) is 0 Å². The average molecular weight is 242 g/mol. The molecule has 0 saturated heterocycles. The highest BCUT2D eigenvalue weighted by Crippen LogP contribution is 2.23. The van der Waals surface area contributed by atoms with Gasteiger partial charge in [-0.15, -0.1) is 0 Å². The SMILES string of the molecule is CCc1cccc(SC(=O)c2ccccc2)c1. The van der Waals surface area contributed by atoms with E-state index in [1.807, 2.05) is 42.5 Å². The molecule has 0 fully saturated rings. The Labute approximate surface area is 106 Å². The largest absolute Gasteiger partial charge is 0.281 e. The summed E-state index contributed by atoms with van der Waals surface area (Å²) < 4.78 is 0. The topological polar surface area (TPSA) is 17.1 Å². The van der Waals surface area contributed by atoms with Crippen molar-refractivity contribution < 1.29 is 4.79 Å². The van der Waals surface area contributed by atoms with E-state index in [4.69, 9.17) is 0 Å². The van der Waals surface area contributed by atoms with E-state index in [9.17, 15) is 4.79 Å². The molecular weight excluding hydrogens is 228 g/mol. The summed E-state index contributed by atoms with van der Waals surface area (Å²) in [5.74, 6) is 0. The summed E-state index contributed by atoms with van der Waals surface area (Å²) >= 11 is 1.29. The second-order valence-electron chi connectivity index (χ2n) is 3.76. The van der Waals surface area contributed by atoms with E-state index in [0.717, 1.165) is 16.9 Å². The van der Waals surface area contributed by atoms with Crippen molar-refractivity contribution in [3.63, 3.8) is 0 Å². The van der Waals surface area contributed by atoms with Crippen molar-refractivity contribution in [2.45, 2.75) is 18.2 Å². The lowest BCUT2D eigenvalue weighted by Crippen LogP contribution is -1.92. The van der Waals surface area contributed by atoms with E-state index < -0.39 is 0 Å².